The summed E-state index contributed by atoms with van der Waals surface area (Å²) >= 11 is 0. The highest BCUT2D eigenvalue weighted by molar-refractivity contribution is 4.93. The number of rotatable bonds is 1. The van der Waals surface area contributed by atoms with Crippen molar-refractivity contribution in [2.24, 2.45) is 0 Å². The van der Waals surface area contributed by atoms with Crippen molar-refractivity contribution in [1.82, 2.24) is 0 Å². The molecule has 0 aliphatic carbocycles. The van der Waals surface area contributed by atoms with Crippen LogP contribution in [-0.4, -0.2) is 18.3 Å². The number of hydrogen-bond acceptors (Lipinski definition) is 1. The molecule has 1 atom stereocenters. The van der Waals surface area contributed by atoms with Gasteiger partial charge in [-0.05, 0) is 13.8 Å². The topological polar surface area (TPSA) is 32.4 Å². The summed E-state index contributed by atoms with van der Waals surface area (Å²) in [4.78, 5) is 0. The minimum absolute atomic E-state index is 0.00694. The highest BCUT2D eigenvalue weighted by atomic mass is 16.6. The van der Waals surface area contributed by atoms with Crippen LogP contribution in [0.25, 0.3) is 0 Å². The first-order valence-electron chi connectivity index (χ1n) is 2.43. The molecule has 0 aromatic carbocycles. The van der Waals surface area contributed by atoms with Gasteiger partial charge in [0.2, 0.25) is 0 Å². The zero-order chi connectivity index (χ0) is 5.49. The van der Waals surface area contributed by atoms with E-state index in [0.717, 1.165) is 0 Å². The van der Waals surface area contributed by atoms with Crippen molar-refractivity contribution in [2.75, 3.05) is 6.61 Å². The monoisotopic (exact) mass is 101 g/mol. The predicted molar refractivity (Wildman–Crippen MR) is 24.5 cm³/mol. The molecule has 0 unspecified atom stereocenters. The summed E-state index contributed by atoms with van der Waals surface area (Å²) in [5, 5.41) is 9.98. The van der Waals surface area contributed by atoms with Crippen molar-refractivity contribution < 1.29 is 9.84 Å². The molecule has 41 valence electrons. The van der Waals surface area contributed by atoms with E-state index in [1.807, 2.05) is 13.8 Å². The van der Waals surface area contributed by atoms with E-state index in [1.165, 1.54) is 0 Å². The first kappa shape index (κ1) is 5.06. The Morgan fingerprint density at radius 1 is 1.71 bits per heavy atom. The second-order valence-corrected chi connectivity index (χ2v) is 2.38. The van der Waals surface area contributed by atoms with Gasteiger partial charge in [-0.15, -0.1) is 0 Å². The number of epoxide rings is 1. The molecule has 2 nitrogen and oxygen atoms in total. The van der Waals surface area contributed by atoms with Crippen LogP contribution in [0.15, 0.2) is 0 Å². The Hall–Kier alpha value is -0.0800. The van der Waals surface area contributed by atoms with E-state index in [-0.39, 0.29) is 18.3 Å². The van der Waals surface area contributed by atoms with Crippen molar-refractivity contribution in [1.29, 1.82) is 0 Å². The third-order valence-corrected chi connectivity index (χ3v) is 1.32. The van der Waals surface area contributed by atoms with Crippen molar-refractivity contribution in [3.8, 4) is 0 Å². The van der Waals surface area contributed by atoms with Gasteiger partial charge in [-0.3, -0.25) is 0 Å². The lowest BCUT2D eigenvalue weighted by atomic mass is 10.1. The summed E-state index contributed by atoms with van der Waals surface area (Å²) < 4.78 is 4.94. The molecule has 0 saturated carbocycles. The van der Waals surface area contributed by atoms with Gasteiger partial charge in [0.05, 0.1) is 5.60 Å². The molecule has 0 spiro atoms. The molecule has 0 aromatic heterocycles. The molecule has 1 heterocycles. The van der Waals surface area contributed by atoms with E-state index in [4.69, 9.17) is 4.74 Å². The predicted octanol–water partition coefficient (Wildman–Crippen LogP) is 0.594. The van der Waals surface area contributed by atoms with Gasteiger partial charge in [-0.25, -0.2) is 5.11 Å². The molecule has 1 fully saturated rings. The Bertz CT molecular complexity index is 78.1. The number of ether oxygens (including phenoxy) is 1. The lowest BCUT2D eigenvalue weighted by Gasteiger charge is -1.86. The molecule has 2 heteroatoms. The zero-order valence-electron chi connectivity index (χ0n) is 4.60. The van der Waals surface area contributed by atoms with E-state index in [9.17, 15) is 5.11 Å². The fraction of sp³-hybridized carbons (Fsp3) is 1.00. The highest BCUT2D eigenvalue weighted by Crippen LogP contribution is 2.34. The van der Waals surface area contributed by atoms with E-state index < -0.39 is 0 Å². The molecule has 1 saturated heterocycles. The molecule has 1 aliphatic rings. The molecule has 1 aliphatic heterocycles. The van der Waals surface area contributed by atoms with Gasteiger partial charge in [0, 0.05) is 0 Å². The molecule has 0 aromatic rings. The van der Waals surface area contributed by atoms with Crippen molar-refractivity contribution >= 4 is 0 Å². The van der Waals surface area contributed by atoms with Gasteiger partial charge in [0.15, 0.2) is 0 Å². The summed E-state index contributed by atoms with van der Waals surface area (Å²) in [5.41, 5.74) is -0.0955. The largest absolute Gasteiger partial charge is 0.364 e. The standard InChI is InChI=1S/C5H9O2/c1-5(2)4(3-6)7-5/h4H,3H2,1-2H3/t4-/m0/s1. The van der Waals surface area contributed by atoms with E-state index in [1.54, 1.807) is 0 Å². The van der Waals surface area contributed by atoms with Gasteiger partial charge in [0.25, 0.3) is 0 Å². The van der Waals surface area contributed by atoms with Gasteiger partial charge in [-0.2, -0.15) is 0 Å². The average Bonchev–Trinajstić information content (AvgIpc) is 2.13. The minimum atomic E-state index is -0.0955. The molecule has 0 bridgehead atoms. The minimum Gasteiger partial charge on any atom is -0.364 e. The third kappa shape index (κ3) is 0.763. The SMILES string of the molecule is CC1(C)O[C@H]1C[O]. The zero-order valence-corrected chi connectivity index (χ0v) is 4.60. The second kappa shape index (κ2) is 1.20. The third-order valence-electron chi connectivity index (χ3n) is 1.32. The summed E-state index contributed by atoms with van der Waals surface area (Å²) in [6.45, 7) is 3.76. The van der Waals surface area contributed by atoms with Crippen LogP contribution >= 0.6 is 0 Å². The van der Waals surface area contributed by atoms with Gasteiger partial charge < -0.3 is 4.74 Å². The molecule has 0 N–H and O–H groups in total. The van der Waals surface area contributed by atoms with Gasteiger partial charge in [-0.1, -0.05) is 0 Å². The van der Waals surface area contributed by atoms with Crippen LogP contribution in [0.3, 0.4) is 0 Å². The molecule has 0 amide bonds. The molecule has 1 radical (unpaired) electrons. The fourth-order valence-electron chi connectivity index (χ4n) is 0.567. The van der Waals surface area contributed by atoms with Crippen LogP contribution in [-0.2, 0) is 9.84 Å². The maximum absolute atomic E-state index is 9.98. The summed E-state index contributed by atoms with van der Waals surface area (Å²) in [7, 11) is 0. The first-order chi connectivity index (χ1) is 3.17. The van der Waals surface area contributed by atoms with Crippen LogP contribution < -0.4 is 0 Å². The Labute approximate surface area is 43.1 Å². The molecule has 1 rings (SSSR count). The van der Waals surface area contributed by atoms with E-state index >= 15 is 0 Å². The quantitative estimate of drug-likeness (QED) is 0.445. The van der Waals surface area contributed by atoms with Crippen LogP contribution in [0.2, 0.25) is 0 Å². The van der Waals surface area contributed by atoms with Crippen molar-refractivity contribution in [3.05, 3.63) is 0 Å². The van der Waals surface area contributed by atoms with Crippen LogP contribution in [0.1, 0.15) is 13.8 Å². The normalized spacial score (nSPS) is 35.6. The fourth-order valence-corrected chi connectivity index (χ4v) is 0.567. The lowest BCUT2D eigenvalue weighted by Crippen LogP contribution is -2.04. The Morgan fingerprint density at radius 2 is 2.14 bits per heavy atom. The first-order valence-corrected chi connectivity index (χ1v) is 2.43. The molecular formula is C5H9O2. The van der Waals surface area contributed by atoms with Gasteiger partial charge >= 0.3 is 0 Å². The summed E-state index contributed by atoms with van der Waals surface area (Å²) in [6.07, 6.45) is -0.00694. The Morgan fingerprint density at radius 3 is 2.14 bits per heavy atom. The average molecular weight is 101 g/mol. The maximum atomic E-state index is 9.98. The van der Waals surface area contributed by atoms with Crippen molar-refractivity contribution in [3.63, 3.8) is 0 Å². The van der Waals surface area contributed by atoms with Crippen LogP contribution in [0.4, 0.5) is 0 Å². The highest BCUT2D eigenvalue weighted by Gasteiger charge is 2.47. The summed E-state index contributed by atoms with van der Waals surface area (Å²) in [6, 6.07) is 0. The van der Waals surface area contributed by atoms with E-state index in [2.05, 4.69) is 0 Å². The van der Waals surface area contributed by atoms with Gasteiger partial charge in [0.1, 0.15) is 12.7 Å². The Balaban J connectivity index is 2.30. The van der Waals surface area contributed by atoms with Crippen molar-refractivity contribution in [2.45, 2.75) is 25.6 Å². The summed E-state index contributed by atoms with van der Waals surface area (Å²) in [5.74, 6) is 0. The maximum Gasteiger partial charge on any atom is 0.113 e. The smallest absolute Gasteiger partial charge is 0.113 e. The second-order valence-electron chi connectivity index (χ2n) is 2.38. The molecule has 7 heavy (non-hydrogen) atoms. The van der Waals surface area contributed by atoms with Crippen LogP contribution in [0.5, 0.6) is 0 Å². The van der Waals surface area contributed by atoms with Crippen LogP contribution in [0, 0.1) is 0 Å². The molecular weight excluding hydrogens is 92.1 g/mol. The lowest BCUT2D eigenvalue weighted by molar-refractivity contribution is 0.163. The number of hydrogen-bond donors (Lipinski definition) is 0. The Kier molecular flexibility index (Phi) is 0.869. The van der Waals surface area contributed by atoms with E-state index in [0.29, 0.717) is 0 Å².